The van der Waals surface area contributed by atoms with Gasteiger partial charge in [0.05, 0.1) is 24.3 Å². The van der Waals surface area contributed by atoms with Gasteiger partial charge in [0.1, 0.15) is 0 Å². The van der Waals surface area contributed by atoms with Crippen molar-refractivity contribution in [2.75, 3.05) is 25.5 Å². The fourth-order valence-corrected chi connectivity index (χ4v) is 3.36. The Labute approximate surface area is 157 Å². The third-order valence-corrected chi connectivity index (χ3v) is 4.79. The molecule has 150 valence electrons. The summed E-state index contributed by atoms with van der Waals surface area (Å²) in [6.45, 7) is 1.94. The first-order valence-electron chi connectivity index (χ1n) is 9.11. The monoisotopic (exact) mass is 385 g/mol. The molecule has 0 spiro atoms. The molecule has 1 aromatic rings. The van der Waals surface area contributed by atoms with Crippen LogP contribution in [0.2, 0.25) is 0 Å². The van der Waals surface area contributed by atoms with Gasteiger partial charge in [-0.3, -0.25) is 14.5 Å². The number of halogens is 3. The SMILES string of the molecule is C[C@H]1CCCC[C@H]1NC(=O)CN(C)CC(=O)Nc1ccccc1C(F)(F)F. The maximum Gasteiger partial charge on any atom is 0.418 e. The van der Waals surface area contributed by atoms with E-state index >= 15 is 0 Å². The van der Waals surface area contributed by atoms with Gasteiger partial charge in [-0.05, 0) is 37.9 Å². The number of rotatable bonds is 6. The summed E-state index contributed by atoms with van der Waals surface area (Å²) in [5.74, 6) is -0.358. The van der Waals surface area contributed by atoms with Gasteiger partial charge in [-0.25, -0.2) is 0 Å². The number of carbonyl (C=O) groups excluding carboxylic acids is 2. The minimum atomic E-state index is -4.55. The Hall–Kier alpha value is -2.09. The standard InChI is InChI=1S/C19H26F3N3O2/c1-13-7-3-5-9-15(13)23-17(26)11-25(2)12-18(27)24-16-10-6-4-8-14(16)19(20,21)22/h4,6,8,10,13,15H,3,5,7,9,11-12H2,1-2H3,(H,23,26)(H,24,27)/t13-,15+/m0/s1. The van der Waals surface area contributed by atoms with E-state index in [1.807, 2.05) is 0 Å². The van der Waals surface area contributed by atoms with Crippen LogP contribution in [-0.4, -0.2) is 42.9 Å². The molecule has 0 aliphatic heterocycles. The minimum Gasteiger partial charge on any atom is -0.352 e. The lowest BCUT2D eigenvalue weighted by Crippen LogP contribution is -2.46. The highest BCUT2D eigenvalue weighted by atomic mass is 19.4. The van der Waals surface area contributed by atoms with E-state index in [2.05, 4.69) is 17.6 Å². The molecule has 0 saturated heterocycles. The van der Waals surface area contributed by atoms with E-state index in [-0.39, 0.29) is 30.7 Å². The number of benzene rings is 1. The number of nitrogens with zero attached hydrogens (tertiary/aromatic N) is 1. The van der Waals surface area contributed by atoms with Crippen molar-refractivity contribution >= 4 is 17.5 Å². The fraction of sp³-hybridized carbons (Fsp3) is 0.579. The second kappa shape index (κ2) is 9.21. The number of alkyl halides is 3. The second-order valence-corrected chi connectivity index (χ2v) is 7.20. The summed E-state index contributed by atoms with van der Waals surface area (Å²) in [6, 6.07) is 4.96. The molecular formula is C19H26F3N3O2. The molecule has 2 amide bonds. The summed E-state index contributed by atoms with van der Waals surface area (Å²) >= 11 is 0. The summed E-state index contributed by atoms with van der Waals surface area (Å²) in [5, 5.41) is 5.27. The number of anilines is 1. The molecule has 0 heterocycles. The molecule has 27 heavy (non-hydrogen) atoms. The fourth-order valence-electron chi connectivity index (χ4n) is 3.36. The van der Waals surface area contributed by atoms with Crippen molar-refractivity contribution < 1.29 is 22.8 Å². The molecule has 1 aliphatic rings. The van der Waals surface area contributed by atoms with Gasteiger partial charge >= 0.3 is 6.18 Å². The van der Waals surface area contributed by atoms with Gasteiger partial charge < -0.3 is 10.6 Å². The average molecular weight is 385 g/mol. The Morgan fingerprint density at radius 2 is 1.74 bits per heavy atom. The number of hydrogen-bond acceptors (Lipinski definition) is 3. The molecule has 2 N–H and O–H groups in total. The first-order chi connectivity index (χ1) is 12.7. The molecule has 8 heteroatoms. The number of nitrogens with one attached hydrogen (secondary N) is 2. The smallest absolute Gasteiger partial charge is 0.352 e. The summed E-state index contributed by atoms with van der Waals surface area (Å²) in [7, 11) is 1.58. The zero-order valence-electron chi connectivity index (χ0n) is 15.6. The van der Waals surface area contributed by atoms with Crippen LogP contribution in [-0.2, 0) is 15.8 Å². The lowest BCUT2D eigenvalue weighted by Gasteiger charge is -2.30. The maximum atomic E-state index is 13.0. The van der Waals surface area contributed by atoms with Crippen molar-refractivity contribution in [1.29, 1.82) is 0 Å². The minimum absolute atomic E-state index is 0.0115. The number of carbonyl (C=O) groups is 2. The van der Waals surface area contributed by atoms with Gasteiger partial charge in [-0.2, -0.15) is 13.2 Å². The summed E-state index contributed by atoms with van der Waals surface area (Å²) in [4.78, 5) is 25.7. The summed E-state index contributed by atoms with van der Waals surface area (Å²) in [5.41, 5.74) is -1.19. The lowest BCUT2D eigenvalue weighted by molar-refractivity contribution is -0.137. The molecule has 1 aliphatic carbocycles. The van der Waals surface area contributed by atoms with Crippen LogP contribution in [0.25, 0.3) is 0 Å². The molecule has 0 radical (unpaired) electrons. The van der Waals surface area contributed by atoms with Crippen molar-refractivity contribution in [2.24, 2.45) is 5.92 Å². The first kappa shape index (κ1) is 21.2. The third-order valence-electron chi connectivity index (χ3n) is 4.79. The van der Waals surface area contributed by atoms with Crippen molar-refractivity contribution in [3.63, 3.8) is 0 Å². The molecule has 5 nitrogen and oxygen atoms in total. The van der Waals surface area contributed by atoms with E-state index in [0.29, 0.717) is 5.92 Å². The Morgan fingerprint density at radius 3 is 2.41 bits per heavy atom. The normalized spacial score (nSPS) is 20.4. The Kier molecular flexibility index (Phi) is 7.24. The van der Waals surface area contributed by atoms with E-state index in [1.54, 1.807) is 7.05 Å². The van der Waals surface area contributed by atoms with Crippen LogP contribution in [0.1, 0.15) is 38.2 Å². The Balaban J connectivity index is 1.84. The topological polar surface area (TPSA) is 61.4 Å². The lowest BCUT2D eigenvalue weighted by atomic mass is 9.86. The quantitative estimate of drug-likeness (QED) is 0.790. The molecule has 1 aromatic carbocycles. The predicted octanol–water partition coefficient (Wildman–Crippen LogP) is 3.27. The zero-order valence-corrected chi connectivity index (χ0v) is 15.6. The molecule has 1 saturated carbocycles. The van der Waals surface area contributed by atoms with E-state index in [4.69, 9.17) is 0 Å². The van der Waals surface area contributed by atoms with Gasteiger partial charge in [0.25, 0.3) is 0 Å². The van der Waals surface area contributed by atoms with E-state index in [9.17, 15) is 22.8 Å². The molecule has 1 fully saturated rings. The van der Waals surface area contributed by atoms with Crippen LogP contribution < -0.4 is 10.6 Å². The van der Waals surface area contributed by atoms with Crippen LogP contribution in [0, 0.1) is 5.92 Å². The summed E-state index contributed by atoms with van der Waals surface area (Å²) < 4.78 is 38.9. The average Bonchev–Trinajstić information content (AvgIpc) is 2.56. The first-order valence-corrected chi connectivity index (χ1v) is 9.11. The highest BCUT2D eigenvalue weighted by molar-refractivity contribution is 5.93. The van der Waals surface area contributed by atoms with Gasteiger partial charge in [0, 0.05) is 6.04 Å². The van der Waals surface area contributed by atoms with Crippen LogP contribution in [0.5, 0.6) is 0 Å². The predicted molar refractivity (Wildman–Crippen MR) is 97.1 cm³/mol. The molecule has 0 bridgehead atoms. The highest BCUT2D eigenvalue weighted by Gasteiger charge is 2.33. The number of hydrogen-bond donors (Lipinski definition) is 2. The van der Waals surface area contributed by atoms with Crippen LogP contribution in [0.15, 0.2) is 24.3 Å². The zero-order chi connectivity index (χ0) is 20.0. The van der Waals surface area contributed by atoms with Crippen molar-refractivity contribution in [3.8, 4) is 0 Å². The van der Waals surface area contributed by atoms with Gasteiger partial charge in [0.15, 0.2) is 0 Å². The maximum absolute atomic E-state index is 13.0. The molecule has 2 rings (SSSR count). The molecule has 2 atom stereocenters. The number of para-hydroxylation sites is 1. The Bertz CT molecular complexity index is 664. The molecular weight excluding hydrogens is 359 g/mol. The van der Waals surface area contributed by atoms with Crippen LogP contribution in [0.4, 0.5) is 18.9 Å². The Morgan fingerprint density at radius 1 is 1.11 bits per heavy atom. The van der Waals surface area contributed by atoms with Crippen LogP contribution >= 0.6 is 0 Å². The molecule has 0 unspecified atom stereocenters. The number of likely N-dealkylation sites (N-methyl/N-ethyl adjacent to an activating group) is 1. The van der Waals surface area contributed by atoms with Gasteiger partial charge in [0.2, 0.25) is 11.8 Å². The second-order valence-electron chi connectivity index (χ2n) is 7.20. The van der Waals surface area contributed by atoms with E-state index in [1.165, 1.54) is 29.5 Å². The third kappa shape index (κ3) is 6.53. The van der Waals surface area contributed by atoms with Crippen molar-refractivity contribution in [2.45, 2.75) is 44.8 Å². The van der Waals surface area contributed by atoms with E-state index in [0.717, 1.165) is 25.3 Å². The van der Waals surface area contributed by atoms with Crippen molar-refractivity contribution in [3.05, 3.63) is 29.8 Å². The molecule has 0 aromatic heterocycles. The van der Waals surface area contributed by atoms with Crippen LogP contribution in [0.3, 0.4) is 0 Å². The largest absolute Gasteiger partial charge is 0.418 e. The van der Waals surface area contributed by atoms with E-state index < -0.39 is 17.6 Å². The summed E-state index contributed by atoms with van der Waals surface area (Å²) in [6.07, 6.45) is -0.251. The van der Waals surface area contributed by atoms with Crippen molar-refractivity contribution in [1.82, 2.24) is 10.2 Å². The number of amides is 2. The highest BCUT2D eigenvalue weighted by Crippen LogP contribution is 2.34. The van der Waals surface area contributed by atoms with Gasteiger partial charge in [-0.15, -0.1) is 0 Å². The van der Waals surface area contributed by atoms with Gasteiger partial charge in [-0.1, -0.05) is 31.9 Å².